The first kappa shape index (κ1) is 27.9. The van der Waals surface area contributed by atoms with Crippen LogP contribution in [0.15, 0.2) is 46.9 Å². The fourth-order valence-corrected chi connectivity index (χ4v) is 4.84. The molecule has 1 unspecified atom stereocenters. The van der Waals surface area contributed by atoms with E-state index in [1.807, 2.05) is 65.0 Å². The lowest BCUT2D eigenvalue weighted by molar-refractivity contribution is -0.140. The Kier molecular flexibility index (Phi) is 8.93. The first-order chi connectivity index (χ1) is 15.6. The Morgan fingerprint density at radius 1 is 1.09 bits per heavy atom. The molecule has 0 saturated heterocycles. The Morgan fingerprint density at radius 2 is 1.71 bits per heavy atom. The van der Waals surface area contributed by atoms with Crippen molar-refractivity contribution >= 4 is 43.5 Å². The first-order valence-corrected chi connectivity index (χ1v) is 13.6. The van der Waals surface area contributed by atoms with Gasteiger partial charge in [0.25, 0.3) is 0 Å². The number of nitrogens with one attached hydrogen (secondary N) is 1. The highest BCUT2D eigenvalue weighted by atomic mass is 79.9. The quantitative estimate of drug-likeness (QED) is 0.533. The zero-order valence-corrected chi connectivity index (χ0v) is 23.2. The van der Waals surface area contributed by atoms with Crippen molar-refractivity contribution in [2.75, 3.05) is 17.1 Å². The molecule has 0 aliphatic rings. The number of halogens is 1. The summed E-state index contributed by atoms with van der Waals surface area (Å²) >= 11 is 3.44. The van der Waals surface area contributed by atoms with Gasteiger partial charge in [0.2, 0.25) is 21.8 Å². The van der Waals surface area contributed by atoms with Crippen LogP contribution in [0.5, 0.6) is 0 Å². The van der Waals surface area contributed by atoms with Gasteiger partial charge in [0.15, 0.2) is 0 Å². The molecule has 0 bridgehead atoms. The van der Waals surface area contributed by atoms with E-state index in [0.29, 0.717) is 5.69 Å². The maximum absolute atomic E-state index is 13.6. The minimum atomic E-state index is -3.76. The molecule has 1 atom stereocenters. The third-order valence-electron chi connectivity index (χ3n) is 5.43. The van der Waals surface area contributed by atoms with Gasteiger partial charge in [0, 0.05) is 16.6 Å². The number of amides is 2. The maximum Gasteiger partial charge on any atom is 0.244 e. The van der Waals surface area contributed by atoms with Gasteiger partial charge in [-0.3, -0.25) is 13.9 Å². The number of hydrogen-bond acceptors (Lipinski definition) is 4. The predicted molar refractivity (Wildman–Crippen MR) is 140 cm³/mol. The van der Waals surface area contributed by atoms with Crippen LogP contribution < -0.4 is 9.62 Å². The van der Waals surface area contributed by atoms with Crippen molar-refractivity contribution in [3.05, 3.63) is 63.6 Å². The molecule has 2 aromatic carbocycles. The molecule has 0 aliphatic carbocycles. The van der Waals surface area contributed by atoms with Gasteiger partial charge < -0.3 is 10.2 Å². The normalized spacial score (nSPS) is 12.7. The lowest BCUT2D eigenvalue weighted by Gasteiger charge is -2.33. The summed E-state index contributed by atoms with van der Waals surface area (Å²) in [7, 11) is -3.76. The van der Waals surface area contributed by atoms with Crippen LogP contribution in [0.1, 0.15) is 44.4 Å². The molecule has 0 spiro atoms. The average Bonchev–Trinajstić information content (AvgIpc) is 2.70. The van der Waals surface area contributed by atoms with E-state index < -0.39 is 34.1 Å². The van der Waals surface area contributed by atoms with E-state index in [-0.39, 0.29) is 12.5 Å². The van der Waals surface area contributed by atoms with Crippen molar-refractivity contribution in [2.24, 2.45) is 0 Å². The van der Waals surface area contributed by atoms with E-state index >= 15 is 0 Å². The summed E-state index contributed by atoms with van der Waals surface area (Å²) in [6.07, 6.45) is 1.08. The van der Waals surface area contributed by atoms with Crippen LogP contribution in [0.3, 0.4) is 0 Å². The summed E-state index contributed by atoms with van der Waals surface area (Å²) in [5, 5.41) is 2.91. The van der Waals surface area contributed by atoms with Crippen molar-refractivity contribution in [2.45, 2.75) is 59.7 Å². The molecule has 34 heavy (non-hydrogen) atoms. The molecular formula is C25H34BrN3O4S. The van der Waals surface area contributed by atoms with Crippen molar-refractivity contribution in [1.82, 2.24) is 10.2 Å². The van der Waals surface area contributed by atoms with Crippen LogP contribution in [0, 0.1) is 13.8 Å². The molecule has 0 heterocycles. The summed E-state index contributed by atoms with van der Waals surface area (Å²) in [4.78, 5) is 28.0. The van der Waals surface area contributed by atoms with Gasteiger partial charge in [-0.1, -0.05) is 40.2 Å². The molecule has 186 valence electrons. The zero-order chi connectivity index (χ0) is 25.8. The number of sulfonamides is 1. The number of anilines is 1. The summed E-state index contributed by atoms with van der Waals surface area (Å²) < 4.78 is 27.4. The van der Waals surface area contributed by atoms with E-state index in [2.05, 4.69) is 21.2 Å². The van der Waals surface area contributed by atoms with E-state index in [0.717, 1.165) is 31.7 Å². The molecule has 0 saturated carbocycles. The average molecular weight is 553 g/mol. The van der Waals surface area contributed by atoms with E-state index in [1.54, 1.807) is 19.1 Å². The Hall–Kier alpha value is -2.39. The molecule has 0 fully saturated rings. The number of benzene rings is 2. The highest BCUT2D eigenvalue weighted by Gasteiger charge is 2.31. The fourth-order valence-electron chi connectivity index (χ4n) is 3.49. The lowest BCUT2D eigenvalue weighted by Crippen LogP contribution is -2.54. The maximum atomic E-state index is 13.6. The van der Waals surface area contributed by atoms with Crippen molar-refractivity contribution in [3.63, 3.8) is 0 Å². The summed E-state index contributed by atoms with van der Waals surface area (Å²) in [5.74, 6) is -0.781. The van der Waals surface area contributed by atoms with Gasteiger partial charge in [-0.25, -0.2) is 8.42 Å². The van der Waals surface area contributed by atoms with E-state index in [9.17, 15) is 18.0 Å². The van der Waals surface area contributed by atoms with Crippen LogP contribution in [0.2, 0.25) is 0 Å². The second-order valence-electron chi connectivity index (χ2n) is 9.56. The molecule has 2 rings (SSSR count). The largest absolute Gasteiger partial charge is 0.350 e. The molecule has 9 heteroatoms. The molecular weight excluding hydrogens is 518 g/mol. The van der Waals surface area contributed by atoms with Crippen LogP contribution in [0.25, 0.3) is 0 Å². The number of carbonyl (C=O) groups is 2. The summed E-state index contributed by atoms with van der Waals surface area (Å²) in [5.41, 5.74) is 2.48. The van der Waals surface area contributed by atoms with Gasteiger partial charge in [0.1, 0.15) is 12.6 Å². The molecule has 0 radical (unpaired) electrons. The number of aryl methyl sites for hydroxylation is 1. The molecule has 2 aromatic rings. The second-order valence-corrected chi connectivity index (χ2v) is 12.4. The molecule has 0 aromatic heterocycles. The predicted octanol–water partition coefficient (Wildman–Crippen LogP) is 4.16. The number of nitrogens with zero attached hydrogens (tertiary/aromatic N) is 2. The van der Waals surface area contributed by atoms with Gasteiger partial charge in [-0.05, 0) is 76.4 Å². The monoisotopic (exact) mass is 551 g/mol. The van der Waals surface area contributed by atoms with Crippen LogP contribution in [0.4, 0.5) is 5.69 Å². The van der Waals surface area contributed by atoms with Gasteiger partial charge in [-0.2, -0.15) is 0 Å². The smallest absolute Gasteiger partial charge is 0.244 e. The SMILES string of the molecule is Cc1cccc(N(CC(=O)N(Cc2cccc(Br)c2)C(C)C(=O)NC(C)(C)C)S(C)(=O)=O)c1C. The number of carbonyl (C=O) groups excluding carboxylic acids is 2. The Morgan fingerprint density at radius 3 is 2.26 bits per heavy atom. The fraction of sp³-hybridized carbons (Fsp3) is 0.440. The van der Waals surface area contributed by atoms with Crippen LogP contribution in [-0.2, 0) is 26.2 Å². The highest BCUT2D eigenvalue weighted by molar-refractivity contribution is 9.10. The third-order valence-corrected chi connectivity index (χ3v) is 7.05. The Bertz CT molecular complexity index is 1160. The molecule has 2 amide bonds. The van der Waals surface area contributed by atoms with Crippen molar-refractivity contribution < 1.29 is 18.0 Å². The van der Waals surface area contributed by atoms with Crippen LogP contribution in [-0.4, -0.2) is 49.5 Å². The van der Waals surface area contributed by atoms with Gasteiger partial charge in [0.05, 0.1) is 11.9 Å². The number of hydrogen-bond donors (Lipinski definition) is 1. The second kappa shape index (κ2) is 10.9. The topological polar surface area (TPSA) is 86.8 Å². The van der Waals surface area contributed by atoms with Gasteiger partial charge in [-0.15, -0.1) is 0 Å². The molecule has 1 N–H and O–H groups in total. The van der Waals surface area contributed by atoms with E-state index in [1.165, 1.54) is 4.90 Å². The summed E-state index contributed by atoms with van der Waals surface area (Å²) in [6, 6.07) is 12.0. The van der Waals surface area contributed by atoms with Crippen molar-refractivity contribution in [1.29, 1.82) is 0 Å². The van der Waals surface area contributed by atoms with E-state index in [4.69, 9.17) is 0 Å². The zero-order valence-electron chi connectivity index (χ0n) is 20.8. The first-order valence-electron chi connectivity index (χ1n) is 11.0. The minimum absolute atomic E-state index is 0.154. The molecule has 7 nitrogen and oxygen atoms in total. The summed E-state index contributed by atoms with van der Waals surface area (Å²) in [6.45, 7) is 10.7. The standard InChI is InChI=1S/C25H34BrN3O4S/c1-17-10-8-13-22(18(17)2)29(34(7,32)33)16-23(30)28(15-20-11-9-12-21(26)14-20)19(3)24(31)27-25(4,5)6/h8-14,19H,15-16H2,1-7H3,(H,27,31). The lowest BCUT2D eigenvalue weighted by atomic mass is 10.1. The Labute approximate surface area is 211 Å². The highest BCUT2D eigenvalue weighted by Crippen LogP contribution is 2.25. The van der Waals surface area contributed by atoms with Crippen molar-refractivity contribution in [3.8, 4) is 0 Å². The minimum Gasteiger partial charge on any atom is -0.350 e. The third kappa shape index (κ3) is 7.56. The van der Waals surface area contributed by atoms with Gasteiger partial charge >= 0.3 is 0 Å². The Balaban J connectivity index is 2.45. The molecule has 0 aliphatic heterocycles. The van der Waals surface area contributed by atoms with Crippen LogP contribution >= 0.6 is 15.9 Å². The number of rotatable bonds is 8.